The van der Waals surface area contributed by atoms with E-state index in [2.05, 4.69) is 132 Å². The van der Waals surface area contributed by atoms with Crippen molar-refractivity contribution in [3.05, 3.63) is 134 Å². The monoisotopic (exact) mass is 502 g/mol. The van der Waals surface area contributed by atoms with Gasteiger partial charge in [0.2, 0.25) is 0 Å². The molecular formula is C35H22N2S. The molecule has 2 nitrogen and oxygen atoms in total. The van der Waals surface area contributed by atoms with Crippen LogP contribution in [-0.2, 0) is 0 Å². The number of hydrogen-bond donors (Lipinski definition) is 0. The number of thiophene rings is 1. The highest BCUT2D eigenvalue weighted by Crippen LogP contribution is 2.36. The van der Waals surface area contributed by atoms with Crippen molar-refractivity contribution >= 4 is 53.4 Å². The topological polar surface area (TPSA) is 17.8 Å². The van der Waals surface area contributed by atoms with Crippen molar-refractivity contribution in [2.24, 2.45) is 0 Å². The SMILES string of the molecule is c1cc(-c2cccc(-n3c4ccccc4c4ccccc43)c2)cc(-c2cnc3c(c2)sc2ccccc23)c1. The van der Waals surface area contributed by atoms with Gasteiger partial charge in [-0.3, -0.25) is 4.98 Å². The molecule has 0 radical (unpaired) electrons. The molecule has 0 spiro atoms. The predicted molar refractivity (Wildman–Crippen MR) is 162 cm³/mol. The molecule has 0 saturated carbocycles. The number of hydrogen-bond acceptors (Lipinski definition) is 2. The van der Waals surface area contributed by atoms with E-state index in [0.29, 0.717) is 0 Å². The van der Waals surface area contributed by atoms with Crippen LogP contribution in [0.25, 0.3) is 70.0 Å². The molecule has 8 rings (SSSR count). The van der Waals surface area contributed by atoms with Gasteiger partial charge in [0.15, 0.2) is 0 Å². The van der Waals surface area contributed by atoms with Crippen molar-refractivity contribution in [3.63, 3.8) is 0 Å². The van der Waals surface area contributed by atoms with E-state index < -0.39 is 0 Å². The van der Waals surface area contributed by atoms with Crippen molar-refractivity contribution in [2.75, 3.05) is 0 Å². The van der Waals surface area contributed by atoms with E-state index in [1.54, 1.807) is 0 Å². The van der Waals surface area contributed by atoms with E-state index in [1.165, 1.54) is 59.0 Å². The standard InChI is InChI=1S/C35H22N2S/c1-4-16-31-28(13-1)29-14-2-5-17-32(29)37(31)27-12-8-11-25(20-27)23-9-7-10-24(19-23)26-21-34-35(36-22-26)30-15-3-6-18-33(30)38-34/h1-22H. The number of aromatic nitrogens is 2. The fourth-order valence-electron chi connectivity index (χ4n) is 5.66. The van der Waals surface area contributed by atoms with Crippen molar-refractivity contribution in [2.45, 2.75) is 0 Å². The van der Waals surface area contributed by atoms with Crippen LogP contribution in [0.3, 0.4) is 0 Å². The van der Waals surface area contributed by atoms with Gasteiger partial charge in [0, 0.05) is 38.3 Å². The molecule has 178 valence electrons. The second-order valence-electron chi connectivity index (χ2n) is 9.67. The molecule has 0 aliphatic rings. The second-order valence-corrected chi connectivity index (χ2v) is 10.8. The van der Waals surface area contributed by atoms with Gasteiger partial charge in [-0.15, -0.1) is 11.3 Å². The quantitative estimate of drug-likeness (QED) is 0.235. The minimum Gasteiger partial charge on any atom is -0.309 e. The van der Waals surface area contributed by atoms with E-state index in [1.807, 2.05) is 17.5 Å². The van der Waals surface area contributed by atoms with Crippen LogP contribution in [0.1, 0.15) is 0 Å². The maximum Gasteiger partial charge on any atom is 0.0888 e. The number of para-hydroxylation sites is 2. The van der Waals surface area contributed by atoms with E-state index >= 15 is 0 Å². The van der Waals surface area contributed by atoms with Gasteiger partial charge in [0.05, 0.1) is 21.3 Å². The maximum atomic E-state index is 4.86. The average Bonchev–Trinajstić information content (AvgIpc) is 3.53. The molecule has 0 atom stereocenters. The molecule has 3 aromatic heterocycles. The number of pyridine rings is 1. The smallest absolute Gasteiger partial charge is 0.0888 e. The summed E-state index contributed by atoms with van der Waals surface area (Å²) in [5.41, 5.74) is 9.41. The summed E-state index contributed by atoms with van der Waals surface area (Å²) in [5.74, 6) is 0. The molecule has 38 heavy (non-hydrogen) atoms. The molecule has 3 heteroatoms. The van der Waals surface area contributed by atoms with Crippen molar-refractivity contribution in [3.8, 4) is 27.9 Å². The largest absolute Gasteiger partial charge is 0.309 e. The van der Waals surface area contributed by atoms with Gasteiger partial charge in [0.25, 0.3) is 0 Å². The molecule has 0 aliphatic heterocycles. The first-order chi connectivity index (χ1) is 18.8. The Morgan fingerprint density at radius 3 is 1.84 bits per heavy atom. The number of nitrogens with zero attached hydrogens (tertiary/aromatic N) is 2. The van der Waals surface area contributed by atoms with Gasteiger partial charge in [-0.25, -0.2) is 0 Å². The van der Waals surface area contributed by atoms with Crippen LogP contribution >= 0.6 is 11.3 Å². The Morgan fingerprint density at radius 1 is 0.474 bits per heavy atom. The van der Waals surface area contributed by atoms with Crippen LogP contribution in [0.5, 0.6) is 0 Å². The summed E-state index contributed by atoms with van der Waals surface area (Å²) in [7, 11) is 0. The van der Waals surface area contributed by atoms with Gasteiger partial charge in [-0.1, -0.05) is 84.9 Å². The molecular weight excluding hydrogens is 480 g/mol. The third-order valence-corrected chi connectivity index (χ3v) is 8.54. The lowest BCUT2D eigenvalue weighted by atomic mass is 9.99. The van der Waals surface area contributed by atoms with Crippen LogP contribution in [0, 0.1) is 0 Å². The first-order valence-corrected chi connectivity index (χ1v) is 13.6. The highest BCUT2D eigenvalue weighted by atomic mass is 32.1. The lowest BCUT2D eigenvalue weighted by Gasteiger charge is -2.11. The zero-order valence-electron chi connectivity index (χ0n) is 20.5. The van der Waals surface area contributed by atoms with Crippen molar-refractivity contribution in [1.29, 1.82) is 0 Å². The first-order valence-electron chi connectivity index (χ1n) is 12.8. The number of benzene rings is 5. The van der Waals surface area contributed by atoms with Gasteiger partial charge in [0.1, 0.15) is 0 Å². The highest BCUT2D eigenvalue weighted by Gasteiger charge is 2.13. The normalized spacial score (nSPS) is 11.7. The predicted octanol–water partition coefficient (Wildman–Crippen LogP) is 9.88. The Labute approximate surface area is 224 Å². The Morgan fingerprint density at radius 2 is 1.08 bits per heavy atom. The lowest BCUT2D eigenvalue weighted by molar-refractivity contribution is 1.18. The van der Waals surface area contributed by atoms with Crippen molar-refractivity contribution in [1.82, 2.24) is 9.55 Å². The molecule has 0 amide bonds. The molecule has 0 fully saturated rings. The minimum atomic E-state index is 1.09. The van der Waals surface area contributed by atoms with E-state index in [9.17, 15) is 0 Å². The van der Waals surface area contributed by atoms with E-state index in [0.717, 1.165) is 11.1 Å². The summed E-state index contributed by atoms with van der Waals surface area (Å²) in [5, 5.41) is 3.79. The Bertz CT molecular complexity index is 2090. The average molecular weight is 503 g/mol. The number of rotatable bonds is 3. The second kappa shape index (κ2) is 8.41. The van der Waals surface area contributed by atoms with Gasteiger partial charge in [-0.2, -0.15) is 0 Å². The Kier molecular flexibility index (Phi) is 4.73. The van der Waals surface area contributed by atoms with Crippen molar-refractivity contribution < 1.29 is 0 Å². The molecule has 0 unspecified atom stereocenters. The fraction of sp³-hybridized carbons (Fsp3) is 0. The van der Waals surface area contributed by atoms with E-state index in [4.69, 9.17) is 4.98 Å². The summed E-state index contributed by atoms with van der Waals surface area (Å²) >= 11 is 1.81. The molecule has 5 aromatic carbocycles. The summed E-state index contributed by atoms with van der Waals surface area (Å²) in [4.78, 5) is 4.86. The molecule has 0 N–H and O–H groups in total. The zero-order valence-corrected chi connectivity index (χ0v) is 21.3. The summed E-state index contributed by atoms with van der Waals surface area (Å²) in [6.45, 7) is 0. The molecule has 8 aromatic rings. The Hall–Kier alpha value is -4.73. The third kappa shape index (κ3) is 3.29. The van der Waals surface area contributed by atoms with E-state index in [-0.39, 0.29) is 0 Å². The van der Waals surface area contributed by atoms with Crippen LogP contribution in [0.4, 0.5) is 0 Å². The van der Waals surface area contributed by atoms with Gasteiger partial charge in [-0.05, 0) is 59.2 Å². The molecule has 0 aliphatic carbocycles. The zero-order chi connectivity index (χ0) is 25.1. The van der Waals surface area contributed by atoms with Crippen LogP contribution in [0.15, 0.2) is 134 Å². The molecule has 3 heterocycles. The van der Waals surface area contributed by atoms with Crippen LogP contribution in [-0.4, -0.2) is 9.55 Å². The summed E-state index contributed by atoms with van der Waals surface area (Å²) in [6.07, 6.45) is 2.01. The minimum absolute atomic E-state index is 1.09. The maximum absolute atomic E-state index is 4.86. The summed E-state index contributed by atoms with van der Waals surface area (Å²) in [6, 6.07) is 45.7. The van der Waals surface area contributed by atoms with Gasteiger partial charge < -0.3 is 4.57 Å². The van der Waals surface area contributed by atoms with Gasteiger partial charge >= 0.3 is 0 Å². The summed E-state index contributed by atoms with van der Waals surface area (Å²) < 4.78 is 4.88. The highest BCUT2D eigenvalue weighted by molar-refractivity contribution is 7.25. The molecule has 0 saturated heterocycles. The lowest BCUT2D eigenvalue weighted by Crippen LogP contribution is -1.94. The fourth-order valence-corrected chi connectivity index (χ4v) is 6.76. The first kappa shape index (κ1) is 21.4. The van der Waals surface area contributed by atoms with Crippen LogP contribution < -0.4 is 0 Å². The Balaban J connectivity index is 1.24. The molecule has 0 bridgehead atoms. The number of fused-ring (bicyclic) bond motifs is 6. The third-order valence-electron chi connectivity index (χ3n) is 7.43. The van der Waals surface area contributed by atoms with Crippen LogP contribution in [0.2, 0.25) is 0 Å².